The van der Waals surface area contributed by atoms with E-state index in [9.17, 15) is 5.11 Å². The smallest absolute Gasteiger partial charge is 0.184 e. The number of ether oxygens (including phenoxy) is 3. The van der Waals surface area contributed by atoms with E-state index < -0.39 is 6.29 Å². The summed E-state index contributed by atoms with van der Waals surface area (Å²) in [6.07, 6.45) is -0.709. The Hall–Kier alpha value is -3.13. The molecule has 3 N–H and O–H groups in total. The lowest BCUT2D eigenvalue weighted by atomic mass is 9.91. The molecule has 5 nitrogen and oxygen atoms in total. The summed E-state index contributed by atoms with van der Waals surface area (Å²) in [5.74, 6) is 1.74. The monoisotopic (exact) mass is 541 g/mol. The van der Waals surface area contributed by atoms with Gasteiger partial charge >= 0.3 is 0 Å². The van der Waals surface area contributed by atoms with E-state index in [-0.39, 0.29) is 24.7 Å². The second kappa shape index (κ2) is 12.8. The van der Waals surface area contributed by atoms with E-state index in [1.807, 2.05) is 54.6 Å². The normalized spacial score (nSPS) is 21.0. The maximum Gasteiger partial charge on any atom is 0.184 e. The number of para-hydroxylation sites is 1. The van der Waals surface area contributed by atoms with E-state index in [0.717, 1.165) is 49.8 Å². The summed E-state index contributed by atoms with van der Waals surface area (Å²) in [5.41, 5.74) is 12.1. The number of nitrogens with two attached hydrogens (primary N) is 1. The molecule has 0 aliphatic carbocycles. The van der Waals surface area contributed by atoms with Crippen LogP contribution < -0.4 is 10.5 Å². The van der Waals surface area contributed by atoms with Crippen LogP contribution in [0.4, 0.5) is 0 Å². The third-order valence-electron chi connectivity index (χ3n) is 7.27. The highest BCUT2D eigenvalue weighted by Gasteiger charge is 2.38. The lowest BCUT2D eigenvalue weighted by Crippen LogP contribution is -2.38. The van der Waals surface area contributed by atoms with Gasteiger partial charge in [0, 0.05) is 28.7 Å². The van der Waals surface area contributed by atoms with Crippen molar-refractivity contribution >= 4 is 11.8 Å². The standard InChI is InChI=1S/C33H35NO4S/c1-22-30(21-39-31-9-4-3-8-29(31)36-2)37-33(38-32(22)26-12-10-23(20-35)11-13-26)27-16-14-25(15-17-27)28-7-5-6-24(18-28)19-34/h3-18,22,30,32-33,35H,19-21,34H2,1-2H3/t22-,30+,32+,33+/m1/s1. The Morgan fingerprint density at radius 1 is 0.821 bits per heavy atom. The quantitative estimate of drug-likeness (QED) is 0.225. The molecule has 1 aliphatic rings. The van der Waals surface area contributed by atoms with Crippen LogP contribution in [0.25, 0.3) is 11.1 Å². The molecule has 1 aliphatic heterocycles. The number of rotatable bonds is 9. The van der Waals surface area contributed by atoms with Crippen LogP contribution in [0.2, 0.25) is 0 Å². The van der Waals surface area contributed by atoms with Crippen LogP contribution in [0.1, 0.15) is 41.6 Å². The first-order valence-corrected chi connectivity index (χ1v) is 14.2. The van der Waals surface area contributed by atoms with Gasteiger partial charge in [0.2, 0.25) is 0 Å². The third-order valence-corrected chi connectivity index (χ3v) is 8.42. The minimum atomic E-state index is -0.503. The number of aliphatic hydroxyl groups excluding tert-OH is 1. The largest absolute Gasteiger partial charge is 0.496 e. The average Bonchev–Trinajstić information content (AvgIpc) is 3.01. The molecule has 4 atom stereocenters. The molecule has 4 aromatic rings. The van der Waals surface area contributed by atoms with Crippen molar-refractivity contribution in [3.8, 4) is 16.9 Å². The molecule has 39 heavy (non-hydrogen) atoms. The zero-order valence-corrected chi connectivity index (χ0v) is 23.1. The van der Waals surface area contributed by atoms with Crippen LogP contribution in [0.5, 0.6) is 5.75 Å². The van der Waals surface area contributed by atoms with Crippen molar-refractivity contribution in [2.45, 2.75) is 43.5 Å². The summed E-state index contributed by atoms with van der Waals surface area (Å²) in [4.78, 5) is 1.09. The van der Waals surface area contributed by atoms with Crippen molar-refractivity contribution in [2.24, 2.45) is 11.7 Å². The lowest BCUT2D eigenvalue weighted by Gasteiger charge is -2.41. The van der Waals surface area contributed by atoms with E-state index in [0.29, 0.717) is 6.54 Å². The minimum Gasteiger partial charge on any atom is -0.496 e. The van der Waals surface area contributed by atoms with Crippen LogP contribution in [-0.4, -0.2) is 24.1 Å². The molecule has 5 rings (SSSR count). The van der Waals surface area contributed by atoms with E-state index >= 15 is 0 Å². The average molecular weight is 542 g/mol. The van der Waals surface area contributed by atoms with Crippen molar-refractivity contribution in [2.75, 3.05) is 12.9 Å². The van der Waals surface area contributed by atoms with E-state index in [1.165, 1.54) is 0 Å². The van der Waals surface area contributed by atoms with Crippen molar-refractivity contribution < 1.29 is 19.3 Å². The van der Waals surface area contributed by atoms with Crippen LogP contribution in [0.3, 0.4) is 0 Å². The Balaban J connectivity index is 1.40. The fourth-order valence-corrected chi connectivity index (χ4v) is 6.12. The Kier molecular flexibility index (Phi) is 9.02. The highest BCUT2D eigenvalue weighted by Crippen LogP contribution is 2.44. The SMILES string of the molecule is COc1ccccc1SC[C@@H]1O[C@H](c2ccc(-c3cccc(CN)c3)cc2)O[C@H](c2ccc(CO)cc2)[C@@H]1C. The predicted molar refractivity (Wildman–Crippen MR) is 156 cm³/mol. The van der Waals surface area contributed by atoms with Gasteiger partial charge in [0.05, 0.1) is 25.9 Å². The molecule has 0 saturated carbocycles. The zero-order chi connectivity index (χ0) is 27.2. The Morgan fingerprint density at radius 3 is 2.28 bits per heavy atom. The van der Waals surface area contributed by atoms with Gasteiger partial charge in [-0.1, -0.05) is 85.8 Å². The molecule has 0 bridgehead atoms. The fourth-order valence-electron chi connectivity index (χ4n) is 4.93. The number of benzene rings is 4. The molecular formula is C33H35NO4S. The topological polar surface area (TPSA) is 73.9 Å². The highest BCUT2D eigenvalue weighted by molar-refractivity contribution is 7.99. The Labute approximate surface area is 234 Å². The number of hydrogen-bond acceptors (Lipinski definition) is 6. The maximum absolute atomic E-state index is 9.51. The zero-order valence-electron chi connectivity index (χ0n) is 22.3. The van der Waals surface area contributed by atoms with Crippen LogP contribution in [0, 0.1) is 5.92 Å². The van der Waals surface area contributed by atoms with Gasteiger partial charge < -0.3 is 25.1 Å². The molecule has 1 heterocycles. The lowest BCUT2D eigenvalue weighted by molar-refractivity contribution is -0.268. The van der Waals surface area contributed by atoms with Crippen molar-refractivity contribution in [1.29, 1.82) is 0 Å². The molecule has 202 valence electrons. The summed E-state index contributed by atoms with van der Waals surface area (Å²) in [6.45, 7) is 2.72. The molecule has 0 radical (unpaired) electrons. The minimum absolute atomic E-state index is 0.0196. The van der Waals surface area contributed by atoms with Gasteiger partial charge in [0.1, 0.15) is 5.75 Å². The first-order chi connectivity index (χ1) is 19.1. The van der Waals surface area contributed by atoms with Gasteiger partial charge in [0.15, 0.2) is 6.29 Å². The van der Waals surface area contributed by atoms with E-state index in [2.05, 4.69) is 49.4 Å². The van der Waals surface area contributed by atoms with Gasteiger partial charge in [-0.15, -0.1) is 11.8 Å². The van der Waals surface area contributed by atoms with Gasteiger partial charge in [-0.2, -0.15) is 0 Å². The molecule has 0 aromatic heterocycles. The molecule has 4 aromatic carbocycles. The second-order valence-electron chi connectivity index (χ2n) is 9.81. The van der Waals surface area contributed by atoms with Gasteiger partial charge in [-0.05, 0) is 46.0 Å². The van der Waals surface area contributed by atoms with Crippen molar-refractivity contribution in [3.63, 3.8) is 0 Å². The fraction of sp³-hybridized carbons (Fsp3) is 0.273. The van der Waals surface area contributed by atoms with E-state index in [4.69, 9.17) is 19.9 Å². The molecular weight excluding hydrogens is 506 g/mol. The Morgan fingerprint density at radius 2 is 1.56 bits per heavy atom. The first kappa shape index (κ1) is 27.4. The molecule has 0 spiro atoms. The van der Waals surface area contributed by atoms with Crippen LogP contribution in [0.15, 0.2) is 102 Å². The van der Waals surface area contributed by atoms with E-state index in [1.54, 1.807) is 18.9 Å². The molecule has 6 heteroatoms. The molecule has 0 amide bonds. The first-order valence-electron chi connectivity index (χ1n) is 13.3. The molecule has 1 fully saturated rings. The predicted octanol–water partition coefficient (Wildman–Crippen LogP) is 6.90. The molecule has 1 saturated heterocycles. The van der Waals surface area contributed by atoms with Crippen molar-refractivity contribution in [1.82, 2.24) is 0 Å². The van der Waals surface area contributed by atoms with Crippen LogP contribution in [-0.2, 0) is 22.6 Å². The Bertz CT molecular complexity index is 1360. The van der Waals surface area contributed by atoms with Gasteiger partial charge in [0.25, 0.3) is 0 Å². The summed E-state index contributed by atoms with van der Waals surface area (Å²) in [5, 5.41) is 9.51. The number of aliphatic hydroxyl groups is 1. The summed E-state index contributed by atoms with van der Waals surface area (Å²) in [6, 6.07) is 32.8. The van der Waals surface area contributed by atoms with Crippen molar-refractivity contribution in [3.05, 3.63) is 119 Å². The van der Waals surface area contributed by atoms with Gasteiger partial charge in [-0.25, -0.2) is 0 Å². The van der Waals surface area contributed by atoms with Gasteiger partial charge in [-0.3, -0.25) is 0 Å². The summed E-state index contributed by atoms with van der Waals surface area (Å²) < 4.78 is 18.8. The van der Waals surface area contributed by atoms with Crippen LogP contribution >= 0.6 is 11.8 Å². The number of thioether (sulfide) groups is 1. The number of methoxy groups -OCH3 is 1. The maximum atomic E-state index is 9.51. The summed E-state index contributed by atoms with van der Waals surface area (Å²) >= 11 is 1.74. The second-order valence-corrected chi connectivity index (χ2v) is 10.9. The highest BCUT2D eigenvalue weighted by atomic mass is 32.2. The molecule has 0 unspecified atom stereocenters. The summed E-state index contributed by atoms with van der Waals surface area (Å²) in [7, 11) is 1.70. The third kappa shape index (κ3) is 6.38. The number of hydrogen-bond donors (Lipinski definition) is 2.